The summed E-state index contributed by atoms with van der Waals surface area (Å²) in [7, 11) is 2.40. The zero-order chi connectivity index (χ0) is 67.7. The molecule has 2 saturated heterocycles. The predicted molar refractivity (Wildman–Crippen MR) is 358 cm³/mol. The van der Waals surface area contributed by atoms with Crippen LogP contribution in [0.5, 0.6) is 0 Å². The van der Waals surface area contributed by atoms with Gasteiger partial charge in [-0.3, -0.25) is 4.57 Å². The van der Waals surface area contributed by atoms with Crippen LogP contribution in [-0.2, 0) is 47.4 Å². The molecule has 10 aromatic rings. The fraction of sp³-hybridized carbons (Fsp3) is 0.160. The maximum Gasteiger partial charge on any atom is 0.338 e. The summed E-state index contributed by atoms with van der Waals surface area (Å²) in [6, 6.07) is 71.0. The number of ether oxygens (including phenoxy) is 10. The standard InChI is InChI=1S/C75H58ClN3O17S2/c76-54-41-43-56(44-42-54)79-74(77-55-39-23-8-24-40-55)97-98-75(79)78-65-63(94-71(85)52-35-19-6-20-36-52)61(92-69(83)50-31-15-4-16-32-50)60(57(89-65)45-87-66(80)47-25-9-1-10-26-47)96-73-64(95-72(86)53-37-21-7-22-38-53)62(93-70(84)51-33-17-5-18-34-51)59(91-68(82)49-29-13-3-14-30-49)58(90-73)46-88-67(81)48-27-11-2-12-28-48/h1-44,57-65,73H,45-46H2/b77-74?,78-75-/t57-,58-,59+,60-,61+,62+,63-,64-,65-,73+/m1/s1. The smallest absolute Gasteiger partial charge is 0.338 e. The van der Waals surface area contributed by atoms with E-state index in [4.69, 9.17) is 69.0 Å². The van der Waals surface area contributed by atoms with Gasteiger partial charge in [-0.1, -0.05) is 157 Å². The third-order valence-electron chi connectivity index (χ3n) is 15.4. The lowest BCUT2D eigenvalue weighted by molar-refractivity contribution is -0.338. The number of aromatic nitrogens is 1. The highest BCUT2D eigenvalue weighted by atomic mass is 35.5. The first-order valence-corrected chi connectivity index (χ1v) is 33.3. The number of rotatable bonds is 21. The van der Waals surface area contributed by atoms with Crippen molar-refractivity contribution in [2.24, 2.45) is 9.98 Å². The first-order chi connectivity index (χ1) is 47.9. The van der Waals surface area contributed by atoms with Gasteiger partial charge in [0.1, 0.15) is 31.5 Å². The highest BCUT2D eigenvalue weighted by Crippen LogP contribution is 2.38. The first kappa shape index (κ1) is 67.0. The molecule has 1 aromatic heterocycles. The summed E-state index contributed by atoms with van der Waals surface area (Å²) >= 11 is 6.47. The van der Waals surface area contributed by atoms with Crippen molar-refractivity contribution in [1.29, 1.82) is 0 Å². The molecule has 0 saturated carbocycles. The van der Waals surface area contributed by atoms with Crippen LogP contribution in [0, 0.1) is 0 Å². The zero-order valence-corrected chi connectivity index (χ0v) is 54.0. The second-order valence-corrected chi connectivity index (χ2v) is 24.4. The maximum absolute atomic E-state index is 15.1. The van der Waals surface area contributed by atoms with Crippen molar-refractivity contribution >= 4 is 79.8 Å². The van der Waals surface area contributed by atoms with Gasteiger partial charge in [0.2, 0.25) is 9.60 Å². The second kappa shape index (κ2) is 32.2. The van der Waals surface area contributed by atoms with E-state index in [1.54, 1.807) is 156 Å². The lowest BCUT2D eigenvalue weighted by atomic mass is 9.95. The molecular weight excluding hydrogens is 1310 g/mol. The predicted octanol–water partition coefficient (Wildman–Crippen LogP) is 12.1. The Labute approximate surface area is 572 Å². The van der Waals surface area contributed by atoms with Crippen molar-refractivity contribution in [3.8, 4) is 5.69 Å². The summed E-state index contributed by atoms with van der Waals surface area (Å²) in [6.45, 7) is -1.51. The minimum atomic E-state index is -2.12. The van der Waals surface area contributed by atoms with Crippen LogP contribution in [0.4, 0.5) is 5.69 Å². The SMILES string of the molecule is O=C(OC[C@H]1O[C@@H](O[C@H]2[C@H](OC(=O)c3ccccc3)[C@@H](OC(=O)c3ccccc3)[C@H](/N=c3\ssc(=Nc4ccccc4)n3-c3ccc(Cl)cc3)O[C@@H]2COC(=O)c2ccccc2)[C@H](OC(=O)c2ccccc2)[C@@H](OC(=O)c2ccccc2)[C@H]1OC(=O)c1ccccc1)c1ccccc1. The number of esters is 7. The van der Waals surface area contributed by atoms with Gasteiger partial charge in [0, 0.05) is 5.02 Å². The molecule has 23 heteroatoms. The number of carbonyl (C=O) groups excluding carboxylic acids is 7. The van der Waals surface area contributed by atoms with Gasteiger partial charge in [-0.25, -0.2) is 43.5 Å². The van der Waals surface area contributed by atoms with E-state index in [0.717, 1.165) is 10.3 Å². The Balaban J connectivity index is 1.06. The summed E-state index contributed by atoms with van der Waals surface area (Å²) in [4.78, 5) is 113. The van der Waals surface area contributed by atoms with Gasteiger partial charge in [0.05, 0.1) is 50.3 Å². The molecule has 0 amide bonds. The van der Waals surface area contributed by atoms with Gasteiger partial charge in [-0.2, -0.15) is 0 Å². The zero-order valence-electron chi connectivity index (χ0n) is 51.6. The van der Waals surface area contributed by atoms with Crippen LogP contribution in [-0.4, -0.2) is 121 Å². The van der Waals surface area contributed by atoms with Gasteiger partial charge < -0.3 is 47.4 Å². The minimum Gasteiger partial charge on any atom is -0.459 e. The number of hydrogen-bond donors (Lipinski definition) is 0. The number of para-hydroxylation sites is 1. The van der Waals surface area contributed by atoms with E-state index in [1.807, 2.05) is 30.3 Å². The van der Waals surface area contributed by atoms with Crippen LogP contribution in [0.1, 0.15) is 72.5 Å². The Kier molecular flexibility index (Phi) is 22.0. The van der Waals surface area contributed by atoms with E-state index >= 15 is 4.79 Å². The van der Waals surface area contributed by atoms with Crippen molar-refractivity contribution < 1.29 is 80.9 Å². The lowest BCUT2D eigenvalue weighted by Gasteiger charge is -2.48. The van der Waals surface area contributed by atoms with Crippen molar-refractivity contribution in [2.75, 3.05) is 13.2 Å². The quantitative estimate of drug-likeness (QED) is 0.0369. The number of benzene rings is 9. The van der Waals surface area contributed by atoms with E-state index in [0.29, 0.717) is 21.2 Å². The molecule has 0 aliphatic carbocycles. The van der Waals surface area contributed by atoms with E-state index in [2.05, 4.69) is 0 Å². The Morgan fingerprint density at radius 2 is 0.684 bits per heavy atom. The normalized spacial score (nSPS) is 20.7. The van der Waals surface area contributed by atoms with Gasteiger partial charge in [0.25, 0.3) is 0 Å². The van der Waals surface area contributed by atoms with Gasteiger partial charge in [0.15, 0.2) is 43.0 Å². The average molecular weight is 1370 g/mol. The molecule has 494 valence electrons. The summed E-state index contributed by atoms with van der Waals surface area (Å²) in [5.41, 5.74) is 1.46. The Morgan fingerprint density at radius 1 is 0.357 bits per heavy atom. The van der Waals surface area contributed by atoms with Gasteiger partial charge in [-0.15, -0.1) is 0 Å². The highest BCUT2D eigenvalue weighted by molar-refractivity contribution is 7.67. The molecule has 2 fully saturated rings. The molecule has 98 heavy (non-hydrogen) atoms. The van der Waals surface area contributed by atoms with Crippen LogP contribution in [0.25, 0.3) is 5.69 Å². The number of halogens is 1. The van der Waals surface area contributed by atoms with E-state index in [9.17, 15) is 28.8 Å². The molecule has 9 aromatic carbocycles. The van der Waals surface area contributed by atoms with Crippen LogP contribution in [0.2, 0.25) is 5.02 Å². The van der Waals surface area contributed by atoms with Gasteiger partial charge >= 0.3 is 41.8 Å². The molecule has 0 N–H and O–H groups in total. The number of nitrogens with zero attached hydrogens (tertiary/aromatic N) is 3. The molecule has 0 unspecified atom stereocenters. The third kappa shape index (κ3) is 16.6. The van der Waals surface area contributed by atoms with E-state index in [1.165, 1.54) is 95.3 Å². The molecule has 0 radical (unpaired) electrons. The third-order valence-corrected chi connectivity index (χ3v) is 17.7. The fourth-order valence-corrected chi connectivity index (χ4v) is 12.9. The molecule has 10 atom stereocenters. The van der Waals surface area contributed by atoms with E-state index in [-0.39, 0.29) is 43.7 Å². The van der Waals surface area contributed by atoms with Crippen LogP contribution in [0.3, 0.4) is 0 Å². The molecule has 0 spiro atoms. The minimum absolute atomic E-state index is 0.00120. The molecular formula is C75H58ClN3O17S2. The molecule has 12 rings (SSSR count). The Bertz CT molecular complexity index is 4520. The van der Waals surface area contributed by atoms with Crippen molar-refractivity contribution in [3.63, 3.8) is 0 Å². The molecule has 2 aliphatic heterocycles. The average Bonchev–Trinajstić information content (AvgIpc) is 0.870. The first-order valence-electron chi connectivity index (χ1n) is 30.7. The number of hydrogen-bond acceptors (Lipinski definition) is 21. The van der Waals surface area contributed by atoms with Crippen LogP contribution >= 0.6 is 32.3 Å². The maximum atomic E-state index is 15.1. The fourth-order valence-electron chi connectivity index (χ4n) is 10.6. The van der Waals surface area contributed by atoms with Crippen molar-refractivity contribution in [3.05, 3.63) is 320 Å². The monoisotopic (exact) mass is 1370 g/mol. The van der Waals surface area contributed by atoms with Crippen LogP contribution in [0.15, 0.2) is 277 Å². The molecule has 0 bridgehead atoms. The lowest BCUT2D eigenvalue weighted by Crippen LogP contribution is -2.67. The molecule has 3 heterocycles. The van der Waals surface area contributed by atoms with Crippen molar-refractivity contribution in [1.82, 2.24) is 4.57 Å². The Hall–Kier alpha value is -11.0. The van der Waals surface area contributed by atoms with Gasteiger partial charge in [-0.05, 0) is 142 Å². The summed E-state index contributed by atoms with van der Waals surface area (Å²) in [5, 5.41) is 0.432. The topological polar surface area (TPSA) is 241 Å². The summed E-state index contributed by atoms with van der Waals surface area (Å²) < 4.78 is 67.4. The van der Waals surface area contributed by atoms with E-state index < -0.39 is 116 Å². The molecule has 2 aliphatic rings. The largest absolute Gasteiger partial charge is 0.459 e. The highest BCUT2D eigenvalue weighted by Gasteiger charge is 2.58. The summed E-state index contributed by atoms with van der Waals surface area (Å²) in [5.74, 6) is -6.66. The Morgan fingerprint density at radius 3 is 1.09 bits per heavy atom. The number of carbonyl (C=O) groups is 7. The summed E-state index contributed by atoms with van der Waals surface area (Å²) in [6.07, 6.45) is -18.7. The van der Waals surface area contributed by atoms with Crippen LogP contribution < -0.4 is 9.60 Å². The van der Waals surface area contributed by atoms with Crippen molar-refractivity contribution in [2.45, 2.75) is 61.3 Å². The molecule has 20 nitrogen and oxygen atoms in total. The second-order valence-electron chi connectivity index (χ2n) is 21.9.